The van der Waals surface area contributed by atoms with E-state index in [2.05, 4.69) is 20.3 Å². The van der Waals surface area contributed by atoms with Crippen molar-refractivity contribution in [3.8, 4) is 11.6 Å². The van der Waals surface area contributed by atoms with Gasteiger partial charge in [-0.2, -0.15) is 0 Å². The fourth-order valence-electron chi connectivity index (χ4n) is 3.51. The van der Waals surface area contributed by atoms with E-state index in [4.69, 9.17) is 15.2 Å². The minimum Gasteiger partial charge on any atom is -0.495 e. The van der Waals surface area contributed by atoms with E-state index in [9.17, 15) is 9.59 Å². The van der Waals surface area contributed by atoms with Gasteiger partial charge in [0.25, 0.3) is 11.7 Å². The molecule has 0 spiro atoms. The van der Waals surface area contributed by atoms with E-state index in [-0.39, 0.29) is 5.56 Å². The number of rotatable bonds is 7. The maximum atomic E-state index is 13.3. The van der Waals surface area contributed by atoms with Gasteiger partial charge in [-0.1, -0.05) is 0 Å². The van der Waals surface area contributed by atoms with E-state index >= 15 is 0 Å². The van der Waals surface area contributed by atoms with Crippen molar-refractivity contribution in [2.75, 3.05) is 25.3 Å². The molecule has 0 saturated heterocycles. The smallest absolute Gasteiger partial charge is 0.296 e. The number of carbonyl (C=O) groups is 2. The van der Waals surface area contributed by atoms with Crippen LogP contribution in [0.15, 0.2) is 48.9 Å². The zero-order valence-electron chi connectivity index (χ0n) is 18.3. The number of ether oxygens (including phenoxy) is 2. The van der Waals surface area contributed by atoms with Gasteiger partial charge < -0.3 is 25.1 Å². The molecule has 0 saturated carbocycles. The molecule has 4 aromatic heterocycles. The number of fused-ring (bicyclic) bond motifs is 1. The Morgan fingerprint density at radius 3 is 2.58 bits per heavy atom. The van der Waals surface area contributed by atoms with E-state index in [1.165, 1.54) is 26.5 Å². The van der Waals surface area contributed by atoms with Crippen LogP contribution in [0.5, 0.6) is 11.6 Å². The summed E-state index contributed by atoms with van der Waals surface area (Å²) in [5.74, 6) is -0.706. The van der Waals surface area contributed by atoms with Gasteiger partial charge in [-0.3, -0.25) is 14.6 Å². The molecule has 0 aliphatic heterocycles. The number of ketones is 1. The summed E-state index contributed by atoms with van der Waals surface area (Å²) in [7, 11) is 2.98. The Bertz CT molecular complexity index is 1350. The minimum atomic E-state index is -0.793. The summed E-state index contributed by atoms with van der Waals surface area (Å²) in [6, 6.07) is 8.34. The highest BCUT2D eigenvalue weighted by Crippen LogP contribution is 2.29. The first-order valence-electron chi connectivity index (χ1n) is 10.00. The second kappa shape index (κ2) is 8.95. The number of amides is 1. The third-order valence-corrected chi connectivity index (χ3v) is 5.17. The van der Waals surface area contributed by atoms with Gasteiger partial charge in [-0.15, -0.1) is 0 Å². The highest BCUT2D eigenvalue weighted by atomic mass is 16.5. The van der Waals surface area contributed by atoms with Crippen molar-refractivity contribution in [3.63, 3.8) is 0 Å². The van der Waals surface area contributed by atoms with Crippen LogP contribution in [0.3, 0.4) is 0 Å². The molecule has 4 rings (SSSR count). The molecule has 33 heavy (non-hydrogen) atoms. The summed E-state index contributed by atoms with van der Waals surface area (Å²) in [6.45, 7) is 2.11. The highest BCUT2D eigenvalue weighted by Gasteiger charge is 2.26. The summed E-state index contributed by atoms with van der Waals surface area (Å²) < 4.78 is 12.2. The molecule has 0 bridgehead atoms. The highest BCUT2D eigenvalue weighted by molar-refractivity contribution is 6.48. The van der Waals surface area contributed by atoms with Crippen LogP contribution in [-0.4, -0.2) is 45.4 Å². The van der Waals surface area contributed by atoms with Crippen LogP contribution >= 0.6 is 0 Å². The fraction of sp³-hybridized carbons (Fsp3) is 0.174. The number of Topliss-reactive ketones (excluding diaryl/α,β-unsaturated/α-hetero) is 1. The molecule has 4 aromatic rings. The zero-order valence-corrected chi connectivity index (χ0v) is 18.3. The van der Waals surface area contributed by atoms with Crippen LogP contribution in [0.4, 0.5) is 11.4 Å². The summed E-state index contributed by atoms with van der Waals surface area (Å²) in [5.41, 5.74) is 8.77. The molecule has 10 heteroatoms. The first-order valence-corrected chi connectivity index (χ1v) is 10.00. The predicted molar refractivity (Wildman–Crippen MR) is 123 cm³/mol. The van der Waals surface area contributed by atoms with Crippen molar-refractivity contribution < 1.29 is 19.1 Å². The quantitative estimate of drug-likeness (QED) is 0.327. The van der Waals surface area contributed by atoms with Crippen LogP contribution in [-0.2, 0) is 11.3 Å². The van der Waals surface area contributed by atoms with Gasteiger partial charge in [-0.25, -0.2) is 9.97 Å². The van der Waals surface area contributed by atoms with E-state index in [1.807, 2.05) is 4.57 Å². The van der Waals surface area contributed by atoms with Crippen molar-refractivity contribution in [3.05, 3.63) is 65.9 Å². The lowest BCUT2D eigenvalue weighted by atomic mass is 10.1. The monoisotopic (exact) mass is 446 g/mol. The summed E-state index contributed by atoms with van der Waals surface area (Å²) >= 11 is 0. The molecular formula is C23H22N6O4. The molecule has 3 N–H and O–H groups in total. The molecule has 4 heterocycles. The topological polar surface area (TPSA) is 134 Å². The van der Waals surface area contributed by atoms with Crippen LogP contribution in [0.25, 0.3) is 11.0 Å². The number of pyridine rings is 3. The lowest BCUT2D eigenvalue weighted by Crippen LogP contribution is -2.23. The summed E-state index contributed by atoms with van der Waals surface area (Å²) in [5, 5.41) is 3.11. The lowest BCUT2D eigenvalue weighted by molar-refractivity contribution is -0.112. The number of methoxy groups -OCH3 is 2. The summed E-state index contributed by atoms with van der Waals surface area (Å²) in [4.78, 5) is 38.9. The third kappa shape index (κ3) is 4.31. The average molecular weight is 446 g/mol. The number of nitrogens with two attached hydrogens (primary N) is 1. The molecule has 0 unspecified atom stereocenters. The van der Waals surface area contributed by atoms with E-state index < -0.39 is 11.7 Å². The van der Waals surface area contributed by atoms with Gasteiger partial charge in [-0.05, 0) is 31.2 Å². The van der Waals surface area contributed by atoms with Crippen molar-refractivity contribution in [2.45, 2.75) is 13.5 Å². The largest absolute Gasteiger partial charge is 0.495 e. The number of hydrogen-bond acceptors (Lipinski definition) is 8. The SMILES string of the molecule is COc1cnc2c(c1)c(C(=O)C(=O)Nc1ccnc(OC)c1)c(C)n2Cc1ccc(N)cn1. The zero-order chi connectivity index (χ0) is 23.5. The lowest BCUT2D eigenvalue weighted by Gasteiger charge is -2.08. The van der Waals surface area contributed by atoms with Crippen molar-refractivity contribution in [2.24, 2.45) is 0 Å². The normalized spacial score (nSPS) is 10.8. The predicted octanol–water partition coefficient (Wildman–Crippen LogP) is 2.60. The third-order valence-electron chi connectivity index (χ3n) is 5.17. The molecule has 0 fully saturated rings. The van der Waals surface area contributed by atoms with Crippen LogP contribution in [0.1, 0.15) is 21.7 Å². The van der Waals surface area contributed by atoms with Crippen LogP contribution in [0.2, 0.25) is 0 Å². The maximum absolute atomic E-state index is 13.3. The standard InChI is InChI=1S/C23H22N6O4/c1-13-20(21(30)23(31)28-15-6-7-25-19(8-15)33-3)18-9-17(32-2)11-27-22(18)29(13)12-16-5-4-14(24)10-26-16/h4-11H,12,24H2,1-3H3,(H,25,28,31). The molecule has 1 amide bonds. The van der Waals surface area contributed by atoms with Gasteiger partial charge in [0, 0.05) is 29.0 Å². The Morgan fingerprint density at radius 1 is 1.06 bits per heavy atom. The van der Waals surface area contributed by atoms with Gasteiger partial charge in [0.05, 0.1) is 50.1 Å². The Labute approximate surface area is 189 Å². The Morgan fingerprint density at radius 2 is 1.88 bits per heavy atom. The van der Waals surface area contributed by atoms with Crippen molar-refractivity contribution >= 4 is 34.1 Å². The number of aromatic nitrogens is 4. The Balaban J connectivity index is 1.75. The maximum Gasteiger partial charge on any atom is 0.296 e. The molecule has 0 radical (unpaired) electrons. The molecule has 0 atom stereocenters. The van der Waals surface area contributed by atoms with Gasteiger partial charge in [0.2, 0.25) is 5.88 Å². The van der Waals surface area contributed by atoms with Crippen molar-refractivity contribution in [1.82, 2.24) is 19.5 Å². The van der Waals surface area contributed by atoms with Gasteiger partial charge in [0.15, 0.2) is 0 Å². The second-order valence-corrected chi connectivity index (χ2v) is 7.25. The fourth-order valence-corrected chi connectivity index (χ4v) is 3.51. The van der Waals surface area contributed by atoms with Crippen LogP contribution in [0, 0.1) is 6.92 Å². The van der Waals surface area contributed by atoms with E-state index in [0.717, 1.165) is 5.69 Å². The molecule has 0 aromatic carbocycles. The summed E-state index contributed by atoms with van der Waals surface area (Å²) in [6.07, 6.45) is 4.60. The first-order chi connectivity index (χ1) is 15.9. The van der Waals surface area contributed by atoms with Gasteiger partial charge >= 0.3 is 0 Å². The van der Waals surface area contributed by atoms with E-state index in [1.54, 1.807) is 43.6 Å². The molecule has 10 nitrogen and oxygen atoms in total. The van der Waals surface area contributed by atoms with Crippen LogP contribution < -0.4 is 20.5 Å². The Kier molecular flexibility index (Phi) is 5.90. The number of hydrogen-bond donors (Lipinski definition) is 2. The number of nitrogens with one attached hydrogen (secondary N) is 1. The molecule has 168 valence electrons. The second-order valence-electron chi connectivity index (χ2n) is 7.25. The number of nitrogens with zero attached hydrogens (tertiary/aromatic N) is 4. The van der Waals surface area contributed by atoms with Gasteiger partial charge in [0.1, 0.15) is 11.4 Å². The number of anilines is 2. The Hall–Kier alpha value is -4.47. The van der Waals surface area contributed by atoms with Crippen molar-refractivity contribution in [1.29, 1.82) is 0 Å². The molecular weight excluding hydrogens is 424 g/mol. The first kappa shape index (κ1) is 21.8. The number of carbonyl (C=O) groups excluding carboxylic acids is 2. The molecule has 0 aliphatic rings. The number of nitrogen functional groups attached to an aromatic ring is 1. The van der Waals surface area contributed by atoms with E-state index in [0.29, 0.717) is 46.3 Å². The average Bonchev–Trinajstić information content (AvgIpc) is 3.10. The minimum absolute atomic E-state index is 0.241. The molecule has 0 aliphatic carbocycles.